The average Bonchev–Trinajstić information content (AvgIpc) is 2.22. The van der Waals surface area contributed by atoms with Gasteiger partial charge in [-0.05, 0) is 6.07 Å². The molecule has 0 fully saturated rings. The topological polar surface area (TPSA) is 49.3 Å². The summed E-state index contributed by atoms with van der Waals surface area (Å²) in [4.78, 5) is 10.9. The lowest BCUT2D eigenvalue weighted by Gasteiger charge is -2.17. The number of aliphatic carboxylic acids is 1. The van der Waals surface area contributed by atoms with Crippen molar-refractivity contribution in [3.05, 3.63) is 33.8 Å². The first-order chi connectivity index (χ1) is 8.22. The molecule has 0 aliphatic heterocycles. The van der Waals surface area contributed by atoms with Crippen LogP contribution in [0.2, 0.25) is 10.0 Å². The van der Waals surface area contributed by atoms with Gasteiger partial charge in [0.25, 0.3) is 0 Å². The Hall–Kier alpha value is -0.980. The van der Waals surface area contributed by atoms with Crippen molar-refractivity contribution < 1.29 is 23.1 Å². The summed E-state index contributed by atoms with van der Waals surface area (Å²) in [5, 5.41) is 10.8. The average molecular weight is 302 g/mol. The summed E-state index contributed by atoms with van der Waals surface area (Å²) in [6.45, 7) is -1.44. The van der Waals surface area contributed by atoms with E-state index in [9.17, 15) is 18.0 Å². The van der Waals surface area contributed by atoms with Crippen LogP contribution in [0.3, 0.4) is 0 Å². The maximum Gasteiger partial charge on any atom is 0.401 e. The van der Waals surface area contributed by atoms with E-state index in [4.69, 9.17) is 28.3 Å². The first-order valence-electron chi connectivity index (χ1n) is 4.69. The lowest BCUT2D eigenvalue weighted by Crippen LogP contribution is -2.36. The molecule has 1 unspecified atom stereocenters. The fourth-order valence-electron chi connectivity index (χ4n) is 1.29. The van der Waals surface area contributed by atoms with E-state index in [1.807, 2.05) is 5.32 Å². The zero-order valence-corrected chi connectivity index (χ0v) is 10.3. The number of hydrogen-bond acceptors (Lipinski definition) is 2. The van der Waals surface area contributed by atoms with Crippen LogP contribution in [0.5, 0.6) is 0 Å². The van der Waals surface area contributed by atoms with E-state index >= 15 is 0 Å². The number of carboxylic acids is 1. The van der Waals surface area contributed by atoms with E-state index in [2.05, 4.69) is 0 Å². The monoisotopic (exact) mass is 301 g/mol. The predicted molar refractivity (Wildman–Crippen MR) is 60.9 cm³/mol. The fraction of sp³-hybridized carbons (Fsp3) is 0.300. The van der Waals surface area contributed by atoms with Crippen LogP contribution >= 0.6 is 23.2 Å². The number of halogens is 5. The summed E-state index contributed by atoms with van der Waals surface area (Å²) in [6, 6.07) is 2.55. The van der Waals surface area contributed by atoms with Gasteiger partial charge in [-0.25, -0.2) is 0 Å². The number of nitrogens with one attached hydrogen (secondary N) is 1. The van der Waals surface area contributed by atoms with Crippen LogP contribution in [0.25, 0.3) is 0 Å². The Morgan fingerprint density at radius 1 is 1.39 bits per heavy atom. The Bertz CT molecular complexity index is 451. The van der Waals surface area contributed by atoms with E-state index in [1.165, 1.54) is 18.2 Å². The molecule has 1 aromatic carbocycles. The van der Waals surface area contributed by atoms with Crippen molar-refractivity contribution in [3.8, 4) is 0 Å². The molecule has 0 aromatic heterocycles. The highest BCUT2D eigenvalue weighted by molar-refractivity contribution is 6.42. The van der Waals surface area contributed by atoms with Crippen molar-refractivity contribution in [1.82, 2.24) is 5.32 Å². The molecule has 8 heteroatoms. The smallest absolute Gasteiger partial charge is 0.401 e. The van der Waals surface area contributed by atoms with Crippen LogP contribution in [-0.4, -0.2) is 23.8 Å². The Kier molecular flexibility index (Phi) is 4.84. The molecule has 0 radical (unpaired) electrons. The molecular weight excluding hydrogens is 294 g/mol. The molecule has 0 aliphatic rings. The summed E-state index contributed by atoms with van der Waals surface area (Å²) in [5.41, 5.74) is -0.0130. The van der Waals surface area contributed by atoms with Gasteiger partial charge < -0.3 is 5.11 Å². The second-order valence-electron chi connectivity index (χ2n) is 3.41. The minimum Gasteiger partial charge on any atom is -0.480 e. The van der Waals surface area contributed by atoms with Crippen molar-refractivity contribution in [2.45, 2.75) is 12.2 Å². The molecule has 0 heterocycles. The molecule has 100 valence electrons. The third-order valence-electron chi connectivity index (χ3n) is 2.05. The van der Waals surface area contributed by atoms with Crippen LogP contribution in [0.1, 0.15) is 11.6 Å². The van der Waals surface area contributed by atoms with Crippen LogP contribution in [0.15, 0.2) is 18.2 Å². The molecule has 0 saturated heterocycles. The van der Waals surface area contributed by atoms with Crippen molar-refractivity contribution in [2.24, 2.45) is 0 Å². The molecule has 0 aliphatic carbocycles. The van der Waals surface area contributed by atoms with Crippen LogP contribution in [-0.2, 0) is 4.79 Å². The van der Waals surface area contributed by atoms with E-state index in [-0.39, 0.29) is 15.6 Å². The SMILES string of the molecule is O=C(O)C(NCC(F)(F)F)c1cccc(Cl)c1Cl. The van der Waals surface area contributed by atoms with Gasteiger partial charge in [0.05, 0.1) is 16.6 Å². The molecule has 0 saturated carbocycles. The lowest BCUT2D eigenvalue weighted by atomic mass is 10.1. The van der Waals surface area contributed by atoms with E-state index < -0.39 is 24.7 Å². The predicted octanol–water partition coefficient (Wildman–Crippen LogP) is 3.27. The van der Waals surface area contributed by atoms with E-state index in [0.29, 0.717) is 0 Å². The molecule has 0 spiro atoms. The van der Waals surface area contributed by atoms with E-state index in [1.54, 1.807) is 0 Å². The Labute approximate surface area is 110 Å². The normalized spacial score (nSPS) is 13.4. The number of alkyl halides is 3. The summed E-state index contributed by atoms with van der Waals surface area (Å²) in [5.74, 6) is -1.47. The van der Waals surface area contributed by atoms with Gasteiger partial charge in [-0.2, -0.15) is 13.2 Å². The van der Waals surface area contributed by atoms with Gasteiger partial charge in [0.1, 0.15) is 6.04 Å². The first kappa shape index (κ1) is 15.1. The fourth-order valence-corrected chi connectivity index (χ4v) is 1.71. The van der Waals surface area contributed by atoms with Gasteiger partial charge in [0.15, 0.2) is 0 Å². The summed E-state index contributed by atoms with van der Waals surface area (Å²) < 4.78 is 36.2. The molecule has 0 amide bonds. The Balaban J connectivity index is 2.99. The highest BCUT2D eigenvalue weighted by Gasteiger charge is 2.31. The highest BCUT2D eigenvalue weighted by atomic mass is 35.5. The second kappa shape index (κ2) is 5.77. The molecule has 2 N–H and O–H groups in total. The number of hydrogen-bond donors (Lipinski definition) is 2. The van der Waals surface area contributed by atoms with Gasteiger partial charge >= 0.3 is 12.1 Å². The molecule has 1 rings (SSSR count). The van der Waals surface area contributed by atoms with Crippen molar-refractivity contribution in [3.63, 3.8) is 0 Å². The standard InChI is InChI=1S/C10H8Cl2F3NO2/c11-6-3-1-2-5(7(6)12)8(9(17)18)16-4-10(13,14)15/h1-3,8,16H,4H2,(H,17,18). The van der Waals surface area contributed by atoms with Crippen LogP contribution in [0.4, 0.5) is 13.2 Å². The zero-order valence-electron chi connectivity index (χ0n) is 8.76. The number of rotatable bonds is 4. The maximum absolute atomic E-state index is 12.1. The van der Waals surface area contributed by atoms with Gasteiger partial charge in [-0.3, -0.25) is 10.1 Å². The van der Waals surface area contributed by atoms with Gasteiger partial charge in [0, 0.05) is 5.56 Å². The maximum atomic E-state index is 12.1. The zero-order chi connectivity index (χ0) is 13.9. The summed E-state index contributed by atoms with van der Waals surface area (Å²) >= 11 is 11.4. The third kappa shape index (κ3) is 4.04. The highest BCUT2D eigenvalue weighted by Crippen LogP contribution is 2.30. The molecule has 18 heavy (non-hydrogen) atoms. The van der Waals surface area contributed by atoms with Crippen molar-refractivity contribution in [1.29, 1.82) is 0 Å². The lowest BCUT2D eigenvalue weighted by molar-refractivity contribution is -0.143. The Morgan fingerprint density at radius 2 is 2.00 bits per heavy atom. The molecule has 3 nitrogen and oxygen atoms in total. The molecule has 1 aromatic rings. The van der Waals surface area contributed by atoms with E-state index in [0.717, 1.165) is 0 Å². The minimum absolute atomic E-state index is 0.0130. The quantitative estimate of drug-likeness (QED) is 0.897. The van der Waals surface area contributed by atoms with Crippen molar-refractivity contribution >= 4 is 29.2 Å². The molecule has 0 bridgehead atoms. The van der Waals surface area contributed by atoms with Gasteiger partial charge in [-0.15, -0.1) is 0 Å². The summed E-state index contributed by atoms with van der Waals surface area (Å²) in [6.07, 6.45) is -4.52. The Morgan fingerprint density at radius 3 is 2.50 bits per heavy atom. The largest absolute Gasteiger partial charge is 0.480 e. The number of carboxylic acid groups (broad SMARTS) is 1. The third-order valence-corrected chi connectivity index (χ3v) is 2.88. The van der Waals surface area contributed by atoms with Gasteiger partial charge in [-0.1, -0.05) is 35.3 Å². The molecule has 1 atom stereocenters. The van der Waals surface area contributed by atoms with Crippen LogP contribution in [0, 0.1) is 0 Å². The van der Waals surface area contributed by atoms with Crippen molar-refractivity contribution in [2.75, 3.05) is 6.54 Å². The minimum atomic E-state index is -4.52. The number of carbonyl (C=O) groups is 1. The summed E-state index contributed by atoms with van der Waals surface area (Å²) in [7, 11) is 0. The number of benzene rings is 1. The first-order valence-corrected chi connectivity index (χ1v) is 5.45. The second-order valence-corrected chi connectivity index (χ2v) is 4.20. The van der Waals surface area contributed by atoms with Gasteiger partial charge in [0.2, 0.25) is 0 Å². The molecular formula is C10H8Cl2F3NO2. The van der Waals surface area contributed by atoms with Crippen LogP contribution < -0.4 is 5.32 Å².